The Hall–Kier alpha value is -4.54. The molecule has 1 heterocycles. The minimum Gasteiger partial charge on any atom is -0.496 e. The number of aromatic nitrogens is 2. The first kappa shape index (κ1) is 28.5. The van der Waals surface area contributed by atoms with E-state index in [2.05, 4.69) is 15.3 Å². The average Bonchev–Trinajstić information content (AvgIpc) is 2.90. The van der Waals surface area contributed by atoms with Crippen LogP contribution in [-0.2, 0) is 23.9 Å². The van der Waals surface area contributed by atoms with Gasteiger partial charge in [-0.25, -0.2) is 9.97 Å². The normalized spacial score (nSPS) is 11.4. The Kier molecular flexibility index (Phi) is 8.03. The lowest BCUT2D eigenvalue weighted by Crippen LogP contribution is -2.23. The van der Waals surface area contributed by atoms with Gasteiger partial charge in [-0.1, -0.05) is 0 Å². The number of hydrogen-bond acceptors (Lipinski definition) is 7. The fourth-order valence-electron chi connectivity index (χ4n) is 4.33. The lowest BCUT2D eigenvalue weighted by atomic mass is 10.1. The number of rotatable bonds is 8. The Balaban J connectivity index is 1.66. The summed E-state index contributed by atoms with van der Waals surface area (Å²) >= 11 is 0. The van der Waals surface area contributed by atoms with Crippen LogP contribution in [-0.4, -0.2) is 49.0 Å². The molecule has 0 spiro atoms. The van der Waals surface area contributed by atoms with Gasteiger partial charge >= 0.3 is 6.18 Å². The molecule has 0 atom stereocenters. The van der Waals surface area contributed by atoms with E-state index in [-0.39, 0.29) is 24.6 Å². The van der Waals surface area contributed by atoms with Crippen LogP contribution < -0.4 is 20.7 Å². The standard InChI is InChI=1S/C29H31F3N6O2/c1-17-35-25-8-6-23(38(4)22-7-9-26(40-5)19(12-22)13-27(39)37(2)3)15-24(25)28(36-17)34-16-18-10-20(29(30,31)32)14-21(33)11-18/h6-12,14-15H,13,16,33H2,1-5H3,(H,34,35,36). The third-order valence-electron chi connectivity index (χ3n) is 6.47. The van der Waals surface area contributed by atoms with Crippen molar-refractivity contribution >= 4 is 39.7 Å². The highest BCUT2D eigenvalue weighted by Gasteiger charge is 2.31. The molecule has 3 N–H and O–H groups in total. The Morgan fingerprint density at radius 3 is 2.38 bits per heavy atom. The van der Waals surface area contributed by atoms with Crippen molar-refractivity contribution in [1.29, 1.82) is 0 Å². The number of halogens is 3. The molecule has 210 valence electrons. The molecular weight excluding hydrogens is 521 g/mol. The van der Waals surface area contributed by atoms with E-state index in [0.717, 1.165) is 29.1 Å². The smallest absolute Gasteiger partial charge is 0.416 e. The van der Waals surface area contributed by atoms with Crippen molar-refractivity contribution in [1.82, 2.24) is 14.9 Å². The van der Waals surface area contributed by atoms with Crippen LogP contribution in [0.2, 0.25) is 0 Å². The Bertz CT molecular complexity index is 1560. The van der Waals surface area contributed by atoms with Crippen LogP contribution in [0.1, 0.15) is 22.5 Å². The van der Waals surface area contributed by atoms with E-state index in [4.69, 9.17) is 10.5 Å². The summed E-state index contributed by atoms with van der Waals surface area (Å²) in [7, 11) is 6.87. The number of nitrogen functional groups attached to an aromatic ring is 1. The van der Waals surface area contributed by atoms with Gasteiger partial charge in [-0.3, -0.25) is 4.79 Å². The van der Waals surface area contributed by atoms with Gasteiger partial charge in [-0.15, -0.1) is 0 Å². The van der Waals surface area contributed by atoms with E-state index in [1.807, 2.05) is 48.3 Å². The second-order valence-electron chi connectivity index (χ2n) is 9.66. The van der Waals surface area contributed by atoms with Crippen molar-refractivity contribution in [3.05, 3.63) is 77.1 Å². The highest BCUT2D eigenvalue weighted by Crippen LogP contribution is 2.34. The molecule has 8 nitrogen and oxygen atoms in total. The van der Waals surface area contributed by atoms with Crippen molar-refractivity contribution in [2.45, 2.75) is 26.1 Å². The highest BCUT2D eigenvalue weighted by atomic mass is 19.4. The maximum atomic E-state index is 13.3. The number of nitrogens with one attached hydrogen (secondary N) is 1. The Morgan fingerprint density at radius 1 is 1.00 bits per heavy atom. The summed E-state index contributed by atoms with van der Waals surface area (Å²) < 4.78 is 45.3. The van der Waals surface area contributed by atoms with E-state index < -0.39 is 11.7 Å². The first-order chi connectivity index (χ1) is 18.8. The topological polar surface area (TPSA) is 96.6 Å². The molecule has 11 heteroatoms. The predicted octanol–water partition coefficient (Wildman–Crippen LogP) is 5.56. The summed E-state index contributed by atoms with van der Waals surface area (Å²) in [5.74, 6) is 1.58. The van der Waals surface area contributed by atoms with Gasteiger partial charge in [0.2, 0.25) is 5.91 Å². The van der Waals surface area contributed by atoms with Crippen LogP contribution in [0.15, 0.2) is 54.6 Å². The molecule has 0 aliphatic heterocycles. The largest absolute Gasteiger partial charge is 0.496 e. The summed E-state index contributed by atoms with van der Waals surface area (Å²) in [5.41, 5.74) is 8.44. The second-order valence-corrected chi connectivity index (χ2v) is 9.66. The van der Waals surface area contributed by atoms with Crippen molar-refractivity contribution in [2.24, 2.45) is 0 Å². The number of alkyl halides is 3. The van der Waals surface area contributed by atoms with Crippen molar-refractivity contribution in [2.75, 3.05) is 44.2 Å². The number of aryl methyl sites for hydroxylation is 1. The lowest BCUT2D eigenvalue weighted by Gasteiger charge is -2.22. The number of anilines is 4. The Morgan fingerprint density at radius 2 is 1.70 bits per heavy atom. The number of likely N-dealkylation sites (N-methyl/N-ethyl adjacent to an activating group) is 1. The maximum absolute atomic E-state index is 13.3. The summed E-state index contributed by atoms with van der Waals surface area (Å²) in [5, 5.41) is 3.86. The zero-order chi connectivity index (χ0) is 29.2. The Labute approximate surface area is 230 Å². The van der Waals surface area contributed by atoms with E-state index in [1.165, 1.54) is 11.0 Å². The molecule has 0 aliphatic rings. The monoisotopic (exact) mass is 552 g/mol. The quantitative estimate of drug-likeness (QED) is 0.276. The molecule has 0 bridgehead atoms. The third kappa shape index (κ3) is 6.36. The van der Waals surface area contributed by atoms with Gasteiger partial charge in [-0.2, -0.15) is 13.2 Å². The van der Waals surface area contributed by atoms with Gasteiger partial charge in [0.1, 0.15) is 17.4 Å². The molecular formula is C29H31F3N6O2. The van der Waals surface area contributed by atoms with Gasteiger partial charge < -0.3 is 25.6 Å². The molecule has 0 fully saturated rings. The molecule has 0 saturated heterocycles. The fraction of sp³-hybridized carbons (Fsp3) is 0.276. The number of hydrogen-bond donors (Lipinski definition) is 2. The molecule has 0 aliphatic carbocycles. The van der Waals surface area contributed by atoms with Crippen molar-refractivity contribution < 1.29 is 22.7 Å². The SMILES string of the molecule is COc1ccc(N(C)c2ccc3nc(C)nc(NCc4cc(N)cc(C(F)(F)F)c4)c3c2)cc1CC(=O)N(C)C. The lowest BCUT2D eigenvalue weighted by molar-refractivity contribution is -0.137. The number of carbonyl (C=O) groups excluding carboxylic acids is 1. The average molecular weight is 553 g/mol. The molecule has 4 aromatic rings. The number of carbonyl (C=O) groups is 1. The minimum atomic E-state index is -4.50. The third-order valence-corrected chi connectivity index (χ3v) is 6.47. The van der Waals surface area contributed by atoms with E-state index >= 15 is 0 Å². The summed E-state index contributed by atoms with van der Waals surface area (Å²) in [6.45, 7) is 1.84. The van der Waals surface area contributed by atoms with E-state index in [1.54, 1.807) is 28.1 Å². The molecule has 4 rings (SSSR count). The first-order valence-electron chi connectivity index (χ1n) is 12.5. The number of amides is 1. The fourth-order valence-corrected chi connectivity index (χ4v) is 4.33. The number of ether oxygens (including phenoxy) is 1. The summed E-state index contributed by atoms with van der Waals surface area (Å²) in [6.07, 6.45) is -4.31. The van der Waals surface area contributed by atoms with Crippen LogP contribution >= 0.6 is 0 Å². The molecule has 0 saturated carbocycles. The van der Waals surface area contributed by atoms with Gasteiger partial charge in [0.25, 0.3) is 0 Å². The van der Waals surface area contributed by atoms with Crippen molar-refractivity contribution in [3.8, 4) is 5.75 Å². The van der Waals surface area contributed by atoms with Crippen LogP contribution in [0.3, 0.4) is 0 Å². The summed E-state index contributed by atoms with van der Waals surface area (Å²) in [4.78, 5) is 24.9. The van der Waals surface area contributed by atoms with E-state index in [9.17, 15) is 18.0 Å². The van der Waals surface area contributed by atoms with Crippen LogP contribution in [0.25, 0.3) is 10.9 Å². The maximum Gasteiger partial charge on any atom is 0.416 e. The van der Waals surface area contributed by atoms with Crippen LogP contribution in [0.4, 0.5) is 36.1 Å². The van der Waals surface area contributed by atoms with Gasteiger partial charge in [0.05, 0.1) is 24.6 Å². The van der Waals surface area contributed by atoms with Crippen LogP contribution in [0.5, 0.6) is 5.75 Å². The molecule has 0 radical (unpaired) electrons. The number of nitrogens with two attached hydrogens (primary N) is 1. The molecule has 40 heavy (non-hydrogen) atoms. The second kappa shape index (κ2) is 11.3. The number of nitrogens with zero attached hydrogens (tertiary/aromatic N) is 4. The van der Waals surface area contributed by atoms with Crippen LogP contribution in [0, 0.1) is 6.92 Å². The first-order valence-corrected chi connectivity index (χ1v) is 12.5. The zero-order valence-corrected chi connectivity index (χ0v) is 22.9. The molecule has 1 aromatic heterocycles. The van der Waals surface area contributed by atoms with Gasteiger partial charge in [0.15, 0.2) is 0 Å². The van der Waals surface area contributed by atoms with Gasteiger partial charge in [-0.05, 0) is 67.1 Å². The predicted molar refractivity (Wildman–Crippen MR) is 151 cm³/mol. The molecule has 3 aromatic carbocycles. The summed E-state index contributed by atoms with van der Waals surface area (Å²) in [6, 6.07) is 14.8. The number of benzene rings is 3. The van der Waals surface area contributed by atoms with Crippen molar-refractivity contribution in [3.63, 3.8) is 0 Å². The highest BCUT2D eigenvalue weighted by molar-refractivity contribution is 5.92. The van der Waals surface area contributed by atoms with E-state index in [0.29, 0.717) is 33.9 Å². The zero-order valence-electron chi connectivity index (χ0n) is 22.9. The van der Waals surface area contributed by atoms with Gasteiger partial charge in [0, 0.05) is 55.7 Å². The molecule has 1 amide bonds. The molecule has 0 unspecified atom stereocenters. The number of methoxy groups -OCH3 is 1. The number of fused-ring (bicyclic) bond motifs is 1. The minimum absolute atomic E-state index is 0.0328.